The van der Waals surface area contributed by atoms with Crippen LogP contribution in [0.25, 0.3) is 0 Å². The van der Waals surface area contributed by atoms with Gasteiger partial charge in [0.15, 0.2) is 0 Å². The quantitative estimate of drug-likeness (QED) is 0.892. The maximum atomic E-state index is 12.0. The zero-order valence-electron chi connectivity index (χ0n) is 10.6. The minimum Gasteiger partial charge on any atom is -0.435 e. The van der Waals surface area contributed by atoms with Crippen molar-refractivity contribution in [3.05, 3.63) is 29.8 Å². The molecule has 1 N–H and O–H groups in total. The second-order valence-electron chi connectivity index (χ2n) is 4.58. The molecule has 0 atom stereocenters. The topological polar surface area (TPSA) is 62.1 Å². The van der Waals surface area contributed by atoms with Gasteiger partial charge in [0.25, 0.3) is 5.91 Å². The number of hydrogen-bond acceptors (Lipinski definition) is 3. The average molecular weight is 268 g/mol. The van der Waals surface area contributed by atoms with Crippen LogP contribution < -0.4 is 10.1 Å². The number of carbonyl (C=O) groups is 1. The Morgan fingerprint density at radius 3 is 2.79 bits per heavy atom. The highest BCUT2D eigenvalue weighted by molar-refractivity contribution is 5.94. The smallest absolute Gasteiger partial charge is 0.387 e. The van der Waals surface area contributed by atoms with E-state index in [1.807, 2.05) is 6.07 Å². The van der Waals surface area contributed by atoms with Crippen LogP contribution in [-0.4, -0.2) is 19.1 Å². The molecule has 6 heteroatoms. The molecule has 1 aromatic carbocycles. The molecule has 19 heavy (non-hydrogen) atoms. The number of alkyl halides is 2. The van der Waals surface area contributed by atoms with Crippen LogP contribution in [0.2, 0.25) is 0 Å². The Morgan fingerprint density at radius 1 is 1.53 bits per heavy atom. The Hall–Kier alpha value is -2.16. The molecule has 1 amide bonds. The summed E-state index contributed by atoms with van der Waals surface area (Å²) in [6, 6.07) is 7.53. The Morgan fingerprint density at radius 2 is 2.21 bits per heavy atom. The van der Waals surface area contributed by atoms with E-state index < -0.39 is 17.9 Å². The molecule has 0 spiro atoms. The van der Waals surface area contributed by atoms with Crippen molar-refractivity contribution < 1.29 is 18.3 Å². The van der Waals surface area contributed by atoms with E-state index in [2.05, 4.69) is 10.1 Å². The van der Waals surface area contributed by atoms with Crippen LogP contribution in [0.1, 0.15) is 24.2 Å². The Balaban J connectivity index is 2.70. The molecule has 4 nitrogen and oxygen atoms in total. The van der Waals surface area contributed by atoms with Gasteiger partial charge in [0.05, 0.1) is 11.5 Å². The molecule has 102 valence electrons. The van der Waals surface area contributed by atoms with Crippen LogP contribution in [0, 0.1) is 16.7 Å². The summed E-state index contributed by atoms with van der Waals surface area (Å²) in [6.07, 6.45) is 0. The summed E-state index contributed by atoms with van der Waals surface area (Å²) in [5.74, 6) is -0.523. The molecular formula is C13H14F2N2O2. The third-order valence-electron chi connectivity index (χ3n) is 2.31. The number of halogens is 2. The normalized spacial score (nSPS) is 10.9. The zero-order valence-corrected chi connectivity index (χ0v) is 10.6. The van der Waals surface area contributed by atoms with Gasteiger partial charge in [-0.05, 0) is 32.0 Å². The molecule has 0 aliphatic carbocycles. The molecule has 0 heterocycles. The van der Waals surface area contributed by atoms with E-state index >= 15 is 0 Å². The lowest BCUT2D eigenvalue weighted by Crippen LogP contribution is -2.33. The molecule has 0 saturated heterocycles. The van der Waals surface area contributed by atoms with E-state index in [0.29, 0.717) is 0 Å². The molecular weight excluding hydrogens is 254 g/mol. The number of hydrogen-bond donors (Lipinski definition) is 1. The Kier molecular flexibility index (Phi) is 4.81. The third kappa shape index (κ3) is 4.92. The Labute approximate surface area is 110 Å². The lowest BCUT2D eigenvalue weighted by atomic mass is 9.96. The summed E-state index contributed by atoms with van der Waals surface area (Å²) in [7, 11) is 0. The molecule has 0 fully saturated rings. The van der Waals surface area contributed by atoms with Gasteiger partial charge in [0, 0.05) is 12.1 Å². The van der Waals surface area contributed by atoms with Crippen molar-refractivity contribution in [1.29, 1.82) is 5.26 Å². The van der Waals surface area contributed by atoms with Crippen molar-refractivity contribution in [3.8, 4) is 11.8 Å². The van der Waals surface area contributed by atoms with E-state index in [4.69, 9.17) is 5.26 Å². The maximum absolute atomic E-state index is 12.0. The molecule has 0 aromatic heterocycles. The fourth-order valence-corrected chi connectivity index (χ4v) is 1.26. The van der Waals surface area contributed by atoms with E-state index in [0.717, 1.165) is 0 Å². The molecule has 0 radical (unpaired) electrons. The van der Waals surface area contributed by atoms with Crippen LogP contribution in [0.3, 0.4) is 0 Å². The minimum absolute atomic E-state index is 0.0813. The van der Waals surface area contributed by atoms with E-state index in [1.165, 1.54) is 24.3 Å². The Bertz CT molecular complexity index is 496. The second kappa shape index (κ2) is 6.14. The number of nitrogens with zero attached hydrogens (tertiary/aromatic N) is 1. The summed E-state index contributed by atoms with van der Waals surface area (Å²) >= 11 is 0. The fraction of sp³-hybridized carbons (Fsp3) is 0.385. The van der Waals surface area contributed by atoms with Crippen molar-refractivity contribution in [2.45, 2.75) is 20.5 Å². The summed E-state index contributed by atoms with van der Waals surface area (Å²) in [5, 5.41) is 11.4. The first kappa shape index (κ1) is 14.9. The number of nitrogens with one attached hydrogen (secondary N) is 1. The molecule has 0 unspecified atom stereocenters. The van der Waals surface area contributed by atoms with E-state index in [9.17, 15) is 13.6 Å². The van der Waals surface area contributed by atoms with Crippen molar-refractivity contribution in [1.82, 2.24) is 5.32 Å². The maximum Gasteiger partial charge on any atom is 0.387 e. The van der Waals surface area contributed by atoms with Gasteiger partial charge in [-0.1, -0.05) is 6.07 Å². The number of nitriles is 1. The fourth-order valence-electron chi connectivity index (χ4n) is 1.26. The third-order valence-corrected chi connectivity index (χ3v) is 2.31. The molecule has 0 aliphatic rings. The number of amides is 1. The number of carbonyl (C=O) groups excluding carboxylic acids is 1. The summed E-state index contributed by atoms with van der Waals surface area (Å²) in [4.78, 5) is 11.8. The molecule has 1 aromatic rings. The number of benzene rings is 1. The first-order valence-electron chi connectivity index (χ1n) is 5.58. The van der Waals surface area contributed by atoms with Crippen LogP contribution >= 0.6 is 0 Å². The van der Waals surface area contributed by atoms with Gasteiger partial charge in [0.1, 0.15) is 5.75 Å². The number of ether oxygens (including phenoxy) is 1. The van der Waals surface area contributed by atoms with Crippen molar-refractivity contribution in [2.75, 3.05) is 6.54 Å². The lowest BCUT2D eigenvalue weighted by molar-refractivity contribution is -0.0498. The number of rotatable bonds is 5. The second-order valence-corrected chi connectivity index (χ2v) is 4.58. The summed E-state index contributed by atoms with van der Waals surface area (Å²) in [5.41, 5.74) is -0.487. The first-order valence-corrected chi connectivity index (χ1v) is 5.58. The minimum atomic E-state index is -2.93. The molecule has 0 saturated carbocycles. The van der Waals surface area contributed by atoms with Gasteiger partial charge in [-0.25, -0.2) is 0 Å². The van der Waals surface area contributed by atoms with E-state index in [-0.39, 0.29) is 17.9 Å². The average Bonchev–Trinajstić information content (AvgIpc) is 2.35. The highest BCUT2D eigenvalue weighted by Gasteiger charge is 2.18. The predicted molar refractivity (Wildman–Crippen MR) is 64.8 cm³/mol. The van der Waals surface area contributed by atoms with Crippen molar-refractivity contribution in [3.63, 3.8) is 0 Å². The van der Waals surface area contributed by atoms with Crippen molar-refractivity contribution >= 4 is 5.91 Å². The highest BCUT2D eigenvalue weighted by Crippen LogP contribution is 2.16. The van der Waals surface area contributed by atoms with E-state index in [1.54, 1.807) is 13.8 Å². The molecule has 0 bridgehead atoms. The standard InChI is InChI=1S/C13H14F2N2O2/c1-13(2,7-16)8-17-11(18)9-4-3-5-10(6-9)19-12(14)15/h3-6,12H,8H2,1-2H3,(H,17,18). The first-order chi connectivity index (χ1) is 8.84. The predicted octanol–water partition coefficient (Wildman–Crippen LogP) is 2.57. The van der Waals surface area contributed by atoms with Crippen molar-refractivity contribution in [2.24, 2.45) is 5.41 Å². The lowest BCUT2D eigenvalue weighted by Gasteiger charge is -2.16. The van der Waals surface area contributed by atoms with Gasteiger partial charge < -0.3 is 10.1 Å². The van der Waals surface area contributed by atoms with Crippen LogP contribution in [0.5, 0.6) is 5.75 Å². The van der Waals surface area contributed by atoms with Gasteiger partial charge >= 0.3 is 6.61 Å². The van der Waals surface area contributed by atoms with Gasteiger partial charge in [-0.3, -0.25) is 4.79 Å². The summed E-state index contributed by atoms with van der Waals surface area (Å²) in [6.45, 7) is 0.603. The highest BCUT2D eigenvalue weighted by atomic mass is 19.3. The largest absolute Gasteiger partial charge is 0.435 e. The van der Waals surface area contributed by atoms with Crippen LogP contribution in [-0.2, 0) is 0 Å². The monoisotopic (exact) mass is 268 g/mol. The summed E-state index contributed by atoms with van der Waals surface area (Å²) < 4.78 is 28.3. The zero-order chi connectivity index (χ0) is 14.5. The van der Waals surface area contributed by atoms with Gasteiger partial charge in [-0.2, -0.15) is 14.0 Å². The van der Waals surface area contributed by atoms with Crippen LogP contribution in [0.4, 0.5) is 8.78 Å². The van der Waals surface area contributed by atoms with Crippen LogP contribution in [0.15, 0.2) is 24.3 Å². The van der Waals surface area contributed by atoms with Gasteiger partial charge in [-0.15, -0.1) is 0 Å². The molecule has 1 rings (SSSR count). The SMILES string of the molecule is CC(C)(C#N)CNC(=O)c1cccc(OC(F)F)c1. The van der Waals surface area contributed by atoms with Gasteiger partial charge in [0.2, 0.25) is 0 Å². The molecule has 0 aliphatic heterocycles.